The van der Waals surface area contributed by atoms with E-state index >= 15 is 0 Å². The van der Waals surface area contributed by atoms with Gasteiger partial charge in [-0.15, -0.1) is 0 Å². The van der Waals surface area contributed by atoms with Crippen molar-refractivity contribution in [3.63, 3.8) is 0 Å². The van der Waals surface area contributed by atoms with Crippen LogP contribution in [0.5, 0.6) is 0 Å². The smallest absolute Gasteiger partial charge is 0.462 e. The molecule has 0 saturated heterocycles. The minimum absolute atomic E-state index is 0.102. The second-order valence-corrected chi connectivity index (χ2v) is 13.4. The molecule has 1 aliphatic carbocycles. The number of hydrogen-bond acceptors (Lipinski definition) is 12. The van der Waals surface area contributed by atoms with Gasteiger partial charge in [0.1, 0.15) is 43.2 Å². The molecule has 1 rings (SSSR count). The van der Waals surface area contributed by atoms with Crippen LogP contribution in [0.1, 0.15) is 129 Å². The molecule has 0 radical (unpaired) electrons. The van der Waals surface area contributed by atoms with Crippen LogP contribution in [0.2, 0.25) is 0 Å². The van der Waals surface area contributed by atoms with Gasteiger partial charge in [-0.1, -0.05) is 104 Å². The fraction of sp³-hybridized carbons (Fsp3) is 0.935. The van der Waals surface area contributed by atoms with Gasteiger partial charge in [-0.05, 0) is 12.8 Å². The summed E-state index contributed by atoms with van der Waals surface area (Å²) in [5, 5.41) is 49.5. The van der Waals surface area contributed by atoms with E-state index in [9.17, 15) is 44.6 Å². The third-order valence-electron chi connectivity index (χ3n) is 7.95. The molecule has 14 heteroatoms. The highest BCUT2D eigenvalue weighted by atomic mass is 31.2. The summed E-state index contributed by atoms with van der Waals surface area (Å²) >= 11 is 0. The third kappa shape index (κ3) is 18.1. The van der Waals surface area contributed by atoms with E-state index < -0.39 is 75.7 Å². The lowest BCUT2D eigenvalue weighted by molar-refractivity contribution is -0.220. The number of phosphoric ester groups is 1. The lowest BCUT2D eigenvalue weighted by atomic mass is 9.85. The molecule has 0 aromatic carbocycles. The number of carbonyl (C=O) groups excluding carboxylic acids is 2. The van der Waals surface area contributed by atoms with E-state index in [1.807, 2.05) is 6.92 Å². The average molecular weight is 671 g/mol. The topological polar surface area (TPSA) is 210 Å². The van der Waals surface area contributed by atoms with E-state index in [2.05, 4.69) is 6.92 Å². The minimum atomic E-state index is -5.08. The van der Waals surface area contributed by atoms with Gasteiger partial charge in [-0.3, -0.25) is 18.6 Å². The molecular weight excluding hydrogens is 611 g/mol. The lowest BCUT2D eigenvalue weighted by Gasteiger charge is -2.41. The van der Waals surface area contributed by atoms with Gasteiger partial charge >= 0.3 is 19.8 Å². The summed E-state index contributed by atoms with van der Waals surface area (Å²) in [6, 6.07) is 0. The number of aliphatic hydroxyl groups is 5. The van der Waals surface area contributed by atoms with Crippen LogP contribution in [-0.2, 0) is 32.7 Å². The zero-order chi connectivity index (χ0) is 33.7. The Labute approximate surface area is 268 Å². The molecule has 0 aromatic rings. The molecule has 0 bridgehead atoms. The largest absolute Gasteiger partial charge is 0.472 e. The van der Waals surface area contributed by atoms with Crippen molar-refractivity contribution in [1.82, 2.24) is 0 Å². The Hall–Kier alpha value is -1.15. The first-order chi connectivity index (χ1) is 21.4. The second kappa shape index (κ2) is 24.1. The summed E-state index contributed by atoms with van der Waals surface area (Å²) in [5.41, 5.74) is 0. The molecule has 1 saturated carbocycles. The fourth-order valence-electron chi connectivity index (χ4n) is 5.11. The Balaban J connectivity index is 2.51. The fourth-order valence-corrected chi connectivity index (χ4v) is 6.08. The number of ether oxygens (including phenoxy) is 2. The summed E-state index contributed by atoms with van der Waals surface area (Å²) in [7, 11) is -5.08. The quantitative estimate of drug-likeness (QED) is 0.0440. The highest BCUT2D eigenvalue weighted by Gasteiger charge is 2.51. The van der Waals surface area contributed by atoms with Gasteiger partial charge in [0, 0.05) is 12.8 Å². The maximum atomic E-state index is 12.6. The van der Waals surface area contributed by atoms with Crippen LogP contribution < -0.4 is 0 Å². The molecule has 0 heterocycles. The molecule has 0 aromatic heterocycles. The summed E-state index contributed by atoms with van der Waals surface area (Å²) < 4.78 is 32.9. The minimum Gasteiger partial charge on any atom is -0.462 e. The van der Waals surface area contributed by atoms with Gasteiger partial charge < -0.3 is 39.9 Å². The Morgan fingerprint density at radius 1 is 0.600 bits per heavy atom. The van der Waals surface area contributed by atoms with E-state index in [-0.39, 0.29) is 12.8 Å². The van der Waals surface area contributed by atoms with Gasteiger partial charge in [-0.25, -0.2) is 4.57 Å². The lowest BCUT2D eigenvalue weighted by Crippen LogP contribution is -2.64. The second-order valence-electron chi connectivity index (χ2n) is 12.0. The Kier molecular flexibility index (Phi) is 22.4. The normalized spacial score (nSPS) is 25.4. The standard InChI is InChI=1S/C31H59O13P/c1-3-5-7-8-9-10-11-12-13-14-15-16-18-20-25(33)43-23(21-41-24(32)19-17-6-4-2)22-42-45(39,40)44-31-29(37)27(35)26(34)28(36)30(31)38/h23,26-31,34-38H,3-22H2,1-2H3,(H,39,40). The summed E-state index contributed by atoms with van der Waals surface area (Å²) in [6.45, 7) is 3.04. The summed E-state index contributed by atoms with van der Waals surface area (Å²) in [5.74, 6) is -1.12. The van der Waals surface area contributed by atoms with E-state index in [0.717, 1.165) is 32.1 Å². The van der Waals surface area contributed by atoms with Crippen LogP contribution in [0.4, 0.5) is 0 Å². The van der Waals surface area contributed by atoms with Crippen LogP contribution in [0, 0.1) is 0 Å². The molecule has 1 aliphatic rings. The number of hydrogen-bond donors (Lipinski definition) is 6. The first-order valence-corrected chi connectivity index (χ1v) is 18.3. The molecular formula is C31H59O13P. The zero-order valence-electron chi connectivity index (χ0n) is 27.2. The highest BCUT2D eigenvalue weighted by Crippen LogP contribution is 2.47. The predicted octanol–water partition coefficient (Wildman–Crippen LogP) is 3.82. The molecule has 0 spiro atoms. The van der Waals surface area contributed by atoms with Crippen molar-refractivity contribution in [3.05, 3.63) is 0 Å². The number of rotatable bonds is 26. The van der Waals surface area contributed by atoms with E-state index in [4.69, 9.17) is 18.5 Å². The van der Waals surface area contributed by atoms with Gasteiger partial charge in [0.05, 0.1) is 6.61 Å². The van der Waals surface area contributed by atoms with Crippen molar-refractivity contribution >= 4 is 19.8 Å². The summed E-state index contributed by atoms with van der Waals surface area (Å²) in [4.78, 5) is 34.8. The van der Waals surface area contributed by atoms with Crippen LogP contribution in [0.3, 0.4) is 0 Å². The van der Waals surface area contributed by atoms with Crippen molar-refractivity contribution in [2.45, 2.75) is 172 Å². The number of phosphoric acid groups is 1. The predicted molar refractivity (Wildman–Crippen MR) is 166 cm³/mol. The Morgan fingerprint density at radius 2 is 1.00 bits per heavy atom. The Bertz CT molecular complexity index is 828. The van der Waals surface area contributed by atoms with E-state index in [1.165, 1.54) is 57.8 Å². The van der Waals surface area contributed by atoms with E-state index in [0.29, 0.717) is 12.8 Å². The first kappa shape index (κ1) is 41.9. The molecule has 6 N–H and O–H groups in total. The van der Waals surface area contributed by atoms with Gasteiger partial charge in [0.2, 0.25) is 0 Å². The van der Waals surface area contributed by atoms with E-state index in [1.54, 1.807) is 0 Å². The highest BCUT2D eigenvalue weighted by molar-refractivity contribution is 7.47. The van der Waals surface area contributed by atoms with Crippen LogP contribution in [-0.4, -0.2) is 98.3 Å². The SMILES string of the molecule is CCCCCCCCCCCCCCCC(=O)OC(COC(=O)CCCCC)COP(=O)(O)OC1C(O)C(O)C(O)C(O)C1O. The molecule has 6 unspecified atom stereocenters. The Morgan fingerprint density at radius 3 is 1.51 bits per heavy atom. The van der Waals surface area contributed by atoms with Crippen molar-refractivity contribution in [3.8, 4) is 0 Å². The van der Waals surface area contributed by atoms with Crippen molar-refractivity contribution < 1.29 is 63.1 Å². The van der Waals surface area contributed by atoms with Crippen molar-refractivity contribution in [2.24, 2.45) is 0 Å². The number of unbranched alkanes of at least 4 members (excludes halogenated alkanes) is 14. The van der Waals surface area contributed by atoms with Gasteiger partial charge in [-0.2, -0.15) is 0 Å². The maximum absolute atomic E-state index is 12.6. The number of esters is 2. The first-order valence-electron chi connectivity index (χ1n) is 16.8. The molecule has 45 heavy (non-hydrogen) atoms. The van der Waals surface area contributed by atoms with Crippen LogP contribution >= 0.6 is 7.82 Å². The van der Waals surface area contributed by atoms with Crippen molar-refractivity contribution in [1.29, 1.82) is 0 Å². The third-order valence-corrected chi connectivity index (χ3v) is 8.93. The van der Waals surface area contributed by atoms with Crippen LogP contribution in [0.15, 0.2) is 0 Å². The number of carbonyl (C=O) groups is 2. The van der Waals surface area contributed by atoms with Gasteiger partial charge in [0.25, 0.3) is 0 Å². The van der Waals surface area contributed by atoms with Crippen LogP contribution in [0.25, 0.3) is 0 Å². The zero-order valence-corrected chi connectivity index (χ0v) is 28.1. The molecule has 0 aliphatic heterocycles. The maximum Gasteiger partial charge on any atom is 0.472 e. The molecule has 266 valence electrons. The molecule has 6 atom stereocenters. The van der Waals surface area contributed by atoms with Gasteiger partial charge in [0.15, 0.2) is 6.10 Å². The monoisotopic (exact) mass is 670 g/mol. The summed E-state index contributed by atoms with van der Waals surface area (Å²) in [6.07, 6.45) is 4.45. The molecule has 1 fully saturated rings. The van der Waals surface area contributed by atoms with Crippen molar-refractivity contribution in [2.75, 3.05) is 13.2 Å². The molecule has 13 nitrogen and oxygen atoms in total. The molecule has 0 amide bonds. The average Bonchev–Trinajstić information content (AvgIpc) is 3.01. The number of aliphatic hydroxyl groups excluding tert-OH is 5.